The fraction of sp³-hybridized carbons (Fsp3) is 0.158. The lowest BCUT2D eigenvalue weighted by atomic mass is 10.2. The first-order chi connectivity index (χ1) is 12.2. The Morgan fingerprint density at radius 2 is 1.72 bits per heavy atom. The van der Waals surface area contributed by atoms with Crippen molar-refractivity contribution >= 4 is 18.0 Å². The summed E-state index contributed by atoms with van der Waals surface area (Å²) in [7, 11) is 0. The lowest BCUT2D eigenvalue weighted by Crippen LogP contribution is -2.12. The van der Waals surface area contributed by atoms with Crippen LogP contribution in [0.2, 0.25) is 0 Å². The van der Waals surface area contributed by atoms with E-state index in [1.807, 2.05) is 6.07 Å². The maximum absolute atomic E-state index is 11.7. The van der Waals surface area contributed by atoms with Crippen LogP contribution in [0.15, 0.2) is 54.6 Å². The van der Waals surface area contributed by atoms with Crippen LogP contribution in [0, 0.1) is 0 Å². The number of rotatable bonds is 6. The molecule has 0 atom stereocenters. The molecule has 1 heterocycles. The third-order valence-electron chi connectivity index (χ3n) is 3.38. The quantitative estimate of drug-likeness (QED) is 0.457. The number of esters is 2. The van der Waals surface area contributed by atoms with E-state index in [4.69, 9.17) is 18.9 Å². The Bertz CT molecular complexity index is 782. The van der Waals surface area contributed by atoms with Gasteiger partial charge in [-0.1, -0.05) is 24.3 Å². The lowest BCUT2D eigenvalue weighted by molar-refractivity contribution is -0.138. The van der Waals surface area contributed by atoms with E-state index in [0.29, 0.717) is 17.1 Å². The summed E-state index contributed by atoms with van der Waals surface area (Å²) in [6.07, 6.45) is 2.91. The van der Waals surface area contributed by atoms with Crippen molar-refractivity contribution in [1.82, 2.24) is 0 Å². The number of carbonyl (C=O) groups is 2. The Kier molecular flexibility index (Phi) is 5.31. The molecule has 2 aromatic carbocycles. The van der Waals surface area contributed by atoms with Crippen molar-refractivity contribution in [1.29, 1.82) is 0 Å². The van der Waals surface area contributed by atoms with Crippen LogP contribution in [0.3, 0.4) is 0 Å². The molecule has 0 bridgehead atoms. The SMILES string of the molecule is O=C(/C=C/c1ccc2c(c1)OCO2)OCCOC(=O)c1ccccc1. The van der Waals surface area contributed by atoms with Gasteiger partial charge in [-0.3, -0.25) is 0 Å². The van der Waals surface area contributed by atoms with Gasteiger partial charge in [0, 0.05) is 6.08 Å². The van der Waals surface area contributed by atoms with Crippen LogP contribution in [0.4, 0.5) is 0 Å². The molecule has 0 unspecified atom stereocenters. The topological polar surface area (TPSA) is 71.1 Å². The van der Waals surface area contributed by atoms with Gasteiger partial charge in [0.2, 0.25) is 6.79 Å². The molecular weight excluding hydrogens is 324 g/mol. The van der Waals surface area contributed by atoms with Crippen molar-refractivity contribution in [2.24, 2.45) is 0 Å². The zero-order valence-electron chi connectivity index (χ0n) is 13.3. The smallest absolute Gasteiger partial charge is 0.338 e. The van der Waals surface area contributed by atoms with Crippen molar-refractivity contribution in [2.45, 2.75) is 0 Å². The molecule has 0 aliphatic carbocycles. The second kappa shape index (κ2) is 8.01. The van der Waals surface area contributed by atoms with Gasteiger partial charge in [0.15, 0.2) is 11.5 Å². The Labute approximate surface area is 144 Å². The predicted molar refractivity (Wildman–Crippen MR) is 89.3 cm³/mol. The van der Waals surface area contributed by atoms with Gasteiger partial charge >= 0.3 is 11.9 Å². The summed E-state index contributed by atoms with van der Waals surface area (Å²) in [6, 6.07) is 14.0. The molecule has 0 aromatic heterocycles. The first kappa shape index (κ1) is 16.6. The Morgan fingerprint density at radius 1 is 0.960 bits per heavy atom. The molecule has 1 aliphatic heterocycles. The number of hydrogen-bond donors (Lipinski definition) is 0. The van der Waals surface area contributed by atoms with E-state index < -0.39 is 11.9 Å². The van der Waals surface area contributed by atoms with Gasteiger partial charge in [-0.15, -0.1) is 0 Å². The van der Waals surface area contributed by atoms with Gasteiger partial charge < -0.3 is 18.9 Å². The summed E-state index contributed by atoms with van der Waals surface area (Å²) >= 11 is 0. The summed E-state index contributed by atoms with van der Waals surface area (Å²) in [5.74, 6) is 0.351. The van der Waals surface area contributed by atoms with Crippen LogP contribution in [0.25, 0.3) is 6.08 Å². The standard InChI is InChI=1S/C19H16O6/c20-18(9-7-14-6-8-16-17(12-14)25-13-24-16)22-10-11-23-19(21)15-4-2-1-3-5-15/h1-9,12H,10-11,13H2/b9-7+. The highest BCUT2D eigenvalue weighted by Gasteiger charge is 2.12. The van der Waals surface area contributed by atoms with Crippen molar-refractivity contribution in [2.75, 3.05) is 20.0 Å². The first-order valence-corrected chi connectivity index (χ1v) is 7.69. The molecule has 3 rings (SSSR count). The van der Waals surface area contributed by atoms with E-state index in [9.17, 15) is 9.59 Å². The molecule has 0 fully saturated rings. The minimum atomic E-state index is -0.520. The van der Waals surface area contributed by atoms with Crippen LogP contribution in [0.1, 0.15) is 15.9 Å². The number of hydrogen-bond acceptors (Lipinski definition) is 6. The highest BCUT2D eigenvalue weighted by Crippen LogP contribution is 2.32. The first-order valence-electron chi connectivity index (χ1n) is 7.69. The van der Waals surface area contributed by atoms with E-state index in [-0.39, 0.29) is 20.0 Å². The van der Waals surface area contributed by atoms with Gasteiger partial charge in [0.1, 0.15) is 13.2 Å². The highest BCUT2D eigenvalue weighted by molar-refractivity contribution is 5.89. The minimum absolute atomic E-state index is 0.00265. The molecule has 0 N–H and O–H groups in total. The van der Waals surface area contributed by atoms with Crippen LogP contribution >= 0.6 is 0 Å². The molecule has 0 radical (unpaired) electrons. The summed E-state index contributed by atoms with van der Waals surface area (Å²) in [5.41, 5.74) is 1.24. The maximum atomic E-state index is 11.7. The fourth-order valence-electron chi connectivity index (χ4n) is 2.16. The minimum Gasteiger partial charge on any atom is -0.459 e. The van der Waals surface area contributed by atoms with Crippen LogP contribution in [-0.2, 0) is 14.3 Å². The van der Waals surface area contributed by atoms with Crippen LogP contribution in [0.5, 0.6) is 11.5 Å². The Balaban J connectivity index is 1.40. The molecule has 128 valence electrons. The molecule has 0 spiro atoms. The number of ether oxygens (including phenoxy) is 4. The molecule has 0 saturated heterocycles. The second-order valence-corrected chi connectivity index (χ2v) is 5.12. The van der Waals surface area contributed by atoms with Crippen LogP contribution < -0.4 is 9.47 Å². The van der Waals surface area contributed by atoms with Gasteiger partial charge in [-0.05, 0) is 35.9 Å². The van der Waals surface area contributed by atoms with Gasteiger partial charge in [0.05, 0.1) is 5.56 Å². The molecule has 6 heteroatoms. The Morgan fingerprint density at radius 3 is 2.56 bits per heavy atom. The summed E-state index contributed by atoms with van der Waals surface area (Å²) in [6.45, 7) is 0.187. The Hall–Kier alpha value is -3.28. The average molecular weight is 340 g/mol. The van der Waals surface area contributed by atoms with Crippen molar-refractivity contribution in [3.05, 3.63) is 65.7 Å². The van der Waals surface area contributed by atoms with E-state index in [1.165, 1.54) is 6.08 Å². The molecule has 0 saturated carbocycles. The maximum Gasteiger partial charge on any atom is 0.338 e. The number of benzene rings is 2. The third kappa shape index (κ3) is 4.60. The monoisotopic (exact) mass is 340 g/mol. The summed E-state index contributed by atoms with van der Waals surface area (Å²) in [5, 5.41) is 0. The molecule has 25 heavy (non-hydrogen) atoms. The second-order valence-electron chi connectivity index (χ2n) is 5.12. The zero-order chi connectivity index (χ0) is 17.5. The van der Waals surface area contributed by atoms with Gasteiger partial charge in [0.25, 0.3) is 0 Å². The molecular formula is C19H16O6. The summed E-state index contributed by atoms with van der Waals surface area (Å²) < 4.78 is 20.5. The zero-order valence-corrected chi connectivity index (χ0v) is 13.3. The van der Waals surface area contributed by atoms with E-state index in [2.05, 4.69) is 0 Å². The fourth-order valence-corrected chi connectivity index (χ4v) is 2.16. The van der Waals surface area contributed by atoms with E-state index >= 15 is 0 Å². The molecule has 2 aromatic rings. The molecule has 1 aliphatic rings. The van der Waals surface area contributed by atoms with Gasteiger partial charge in [-0.2, -0.15) is 0 Å². The van der Waals surface area contributed by atoms with Crippen molar-refractivity contribution in [3.63, 3.8) is 0 Å². The third-order valence-corrected chi connectivity index (χ3v) is 3.38. The normalized spacial score (nSPS) is 12.2. The number of carbonyl (C=O) groups excluding carboxylic acids is 2. The van der Waals surface area contributed by atoms with Gasteiger partial charge in [-0.25, -0.2) is 9.59 Å². The number of fused-ring (bicyclic) bond motifs is 1. The van der Waals surface area contributed by atoms with Crippen LogP contribution in [-0.4, -0.2) is 31.9 Å². The predicted octanol–water partition coefficient (Wildman–Crippen LogP) is 2.83. The van der Waals surface area contributed by atoms with E-state index in [1.54, 1.807) is 48.5 Å². The highest BCUT2D eigenvalue weighted by atomic mass is 16.7. The largest absolute Gasteiger partial charge is 0.459 e. The molecule has 6 nitrogen and oxygen atoms in total. The average Bonchev–Trinajstić information content (AvgIpc) is 3.12. The van der Waals surface area contributed by atoms with Crippen molar-refractivity contribution < 1.29 is 28.5 Å². The molecule has 0 amide bonds. The summed E-state index contributed by atoms with van der Waals surface area (Å²) in [4.78, 5) is 23.4. The van der Waals surface area contributed by atoms with E-state index in [0.717, 1.165) is 5.56 Å². The van der Waals surface area contributed by atoms with Crippen molar-refractivity contribution in [3.8, 4) is 11.5 Å². The lowest BCUT2D eigenvalue weighted by Gasteiger charge is -2.05.